The quantitative estimate of drug-likeness (QED) is 0.0697. The summed E-state index contributed by atoms with van der Waals surface area (Å²) < 4.78 is 11.8. The molecular weight excluding hydrogens is 727 g/mol. The van der Waals surface area contributed by atoms with Crippen LogP contribution in [0.1, 0.15) is 58.0 Å². The van der Waals surface area contributed by atoms with E-state index in [1.54, 1.807) is 30.3 Å². The van der Waals surface area contributed by atoms with Crippen LogP contribution in [-0.2, 0) is 29.1 Å². The number of rotatable bonds is 18. The number of nitrogens with one attached hydrogen (secondary N) is 3. The summed E-state index contributed by atoms with van der Waals surface area (Å²) in [6.45, 7) is 0.845. The highest BCUT2D eigenvalue weighted by molar-refractivity contribution is 6.37. The third kappa shape index (κ3) is 10.4. The standard InChI is InChI=1S/C38H40Cl2N4O9/c1-52-37-22(18-42-20-25(46)16-34(49)50)14-31(39)38(44-37)53-32-13-12-27-26(4-2-5-28(27)32)29-6-3-7-30(35(29)40)36(51)43-23-10-8-21(9-11-23)17-41-19-24(45)15-33(47)48/h2-11,14,24-25,32,41-42,45-46H,12-13,15-20H2,1H3,(H,43,51)(H,47,48)(H,49,50)/t24-,25-,32-/m0/s1. The van der Waals surface area contributed by atoms with Gasteiger partial charge in [-0.3, -0.25) is 14.4 Å². The van der Waals surface area contributed by atoms with E-state index in [2.05, 4.69) is 20.9 Å². The lowest BCUT2D eigenvalue weighted by molar-refractivity contribution is -0.140. The molecule has 280 valence electrons. The number of hydrogen-bond acceptors (Lipinski definition) is 10. The summed E-state index contributed by atoms with van der Waals surface area (Å²) in [5.74, 6) is -2.07. The Bertz CT molecular complexity index is 1940. The highest BCUT2D eigenvalue weighted by Gasteiger charge is 2.29. The van der Waals surface area contributed by atoms with Gasteiger partial charge in [-0.15, -0.1) is 0 Å². The van der Waals surface area contributed by atoms with Gasteiger partial charge in [0.15, 0.2) is 0 Å². The van der Waals surface area contributed by atoms with Crippen molar-refractivity contribution in [1.29, 1.82) is 0 Å². The molecule has 1 aliphatic rings. The zero-order chi connectivity index (χ0) is 38.1. The van der Waals surface area contributed by atoms with Crippen LogP contribution in [0, 0.1) is 0 Å². The topological polar surface area (TPSA) is 200 Å². The lowest BCUT2D eigenvalue weighted by Gasteiger charge is -2.18. The minimum Gasteiger partial charge on any atom is -0.481 e. The highest BCUT2D eigenvalue weighted by atomic mass is 35.5. The number of aliphatic carboxylic acids is 2. The molecule has 13 nitrogen and oxygen atoms in total. The number of carboxylic acids is 2. The van der Waals surface area contributed by atoms with Gasteiger partial charge in [-0.05, 0) is 59.4 Å². The Morgan fingerprint density at radius 3 is 2.17 bits per heavy atom. The molecule has 0 radical (unpaired) electrons. The number of pyridine rings is 1. The zero-order valence-electron chi connectivity index (χ0n) is 28.8. The van der Waals surface area contributed by atoms with E-state index in [9.17, 15) is 24.6 Å². The molecule has 0 unspecified atom stereocenters. The number of aliphatic hydroxyl groups excluding tert-OH is 2. The van der Waals surface area contributed by atoms with Crippen molar-refractivity contribution in [2.75, 3.05) is 25.5 Å². The van der Waals surface area contributed by atoms with Crippen molar-refractivity contribution in [3.8, 4) is 22.9 Å². The molecule has 3 aromatic carbocycles. The number of aromatic nitrogens is 1. The van der Waals surface area contributed by atoms with Gasteiger partial charge in [0.1, 0.15) is 11.1 Å². The molecule has 5 rings (SSSR count). The largest absolute Gasteiger partial charge is 0.481 e. The highest BCUT2D eigenvalue weighted by Crippen LogP contribution is 2.43. The van der Waals surface area contributed by atoms with Gasteiger partial charge in [-0.25, -0.2) is 0 Å². The predicted octanol–water partition coefficient (Wildman–Crippen LogP) is 5.23. The molecule has 0 aliphatic heterocycles. The van der Waals surface area contributed by atoms with E-state index >= 15 is 0 Å². The van der Waals surface area contributed by atoms with Crippen LogP contribution < -0.4 is 25.4 Å². The van der Waals surface area contributed by atoms with E-state index in [4.69, 9.17) is 42.9 Å². The number of fused-ring (bicyclic) bond motifs is 1. The molecule has 1 aromatic heterocycles. The molecule has 0 saturated heterocycles. The van der Waals surface area contributed by atoms with Crippen LogP contribution in [0.2, 0.25) is 10.0 Å². The van der Waals surface area contributed by atoms with Crippen LogP contribution in [0.4, 0.5) is 5.69 Å². The molecule has 0 spiro atoms. The first kappa shape index (κ1) is 39.4. The number of hydrogen-bond donors (Lipinski definition) is 7. The number of carbonyl (C=O) groups is 3. The van der Waals surface area contributed by atoms with Gasteiger partial charge in [0.25, 0.3) is 5.91 Å². The zero-order valence-corrected chi connectivity index (χ0v) is 30.3. The van der Waals surface area contributed by atoms with Crippen molar-refractivity contribution in [2.24, 2.45) is 0 Å². The van der Waals surface area contributed by atoms with E-state index in [0.29, 0.717) is 46.8 Å². The molecule has 4 aromatic rings. The lowest BCUT2D eigenvalue weighted by Crippen LogP contribution is -2.28. The lowest BCUT2D eigenvalue weighted by atomic mass is 9.95. The van der Waals surface area contributed by atoms with Crippen LogP contribution >= 0.6 is 23.2 Å². The first-order valence-electron chi connectivity index (χ1n) is 16.9. The average Bonchev–Trinajstić information content (AvgIpc) is 3.52. The van der Waals surface area contributed by atoms with Gasteiger partial charge in [0.2, 0.25) is 11.8 Å². The molecular formula is C38H40Cl2N4O9. The van der Waals surface area contributed by atoms with E-state index in [0.717, 1.165) is 22.3 Å². The molecule has 1 aliphatic carbocycles. The number of carboxylic acid groups (broad SMARTS) is 2. The number of aliphatic hydroxyl groups is 2. The number of ether oxygens (including phenoxy) is 2. The van der Waals surface area contributed by atoms with E-state index in [1.807, 2.05) is 36.4 Å². The number of methoxy groups -OCH3 is 1. The van der Waals surface area contributed by atoms with Crippen LogP contribution in [0.25, 0.3) is 11.1 Å². The van der Waals surface area contributed by atoms with Gasteiger partial charge in [0.05, 0.1) is 42.7 Å². The van der Waals surface area contributed by atoms with Crippen LogP contribution in [0.3, 0.4) is 0 Å². The summed E-state index contributed by atoms with van der Waals surface area (Å²) >= 11 is 13.5. The molecule has 3 atom stereocenters. The Balaban J connectivity index is 1.25. The Labute approximate surface area is 315 Å². The number of anilines is 1. The fourth-order valence-electron chi connectivity index (χ4n) is 6.13. The first-order chi connectivity index (χ1) is 25.4. The van der Waals surface area contributed by atoms with Crippen molar-refractivity contribution >= 4 is 46.7 Å². The average molecular weight is 768 g/mol. The second-order valence-electron chi connectivity index (χ2n) is 12.5. The van der Waals surface area contributed by atoms with Gasteiger partial charge >= 0.3 is 11.9 Å². The fourth-order valence-corrected chi connectivity index (χ4v) is 6.66. The number of nitrogens with zero attached hydrogens (tertiary/aromatic N) is 1. The molecule has 0 saturated carbocycles. The van der Waals surface area contributed by atoms with Crippen molar-refractivity contribution in [3.63, 3.8) is 0 Å². The Kier molecular flexibility index (Phi) is 13.6. The SMILES string of the molecule is COc1nc(O[C@H]2CCc3c(-c4cccc(C(=O)Nc5ccc(CNC[C@@H](O)CC(=O)O)cc5)c4Cl)cccc32)c(Cl)cc1CNC[C@@H](O)CC(=O)O. The maximum absolute atomic E-state index is 13.4. The maximum Gasteiger partial charge on any atom is 0.306 e. The number of benzene rings is 3. The smallest absolute Gasteiger partial charge is 0.306 e. The first-order valence-corrected chi connectivity index (χ1v) is 17.6. The Morgan fingerprint density at radius 2 is 1.51 bits per heavy atom. The van der Waals surface area contributed by atoms with Gasteiger partial charge in [0, 0.05) is 43.0 Å². The maximum atomic E-state index is 13.4. The summed E-state index contributed by atoms with van der Waals surface area (Å²) in [6.07, 6.45) is -1.79. The van der Waals surface area contributed by atoms with Gasteiger partial charge in [-0.2, -0.15) is 4.98 Å². The summed E-state index contributed by atoms with van der Waals surface area (Å²) in [4.78, 5) is 39.4. The van der Waals surface area contributed by atoms with Gasteiger partial charge < -0.3 is 45.9 Å². The third-order valence-corrected chi connectivity index (χ3v) is 9.29. The number of amides is 1. The second kappa shape index (κ2) is 18.3. The normalized spacial score (nSPS) is 14.6. The molecule has 53 heavy (non-hydrogen) atoms. The summed E-state index contributed by atoms with van der Waals surface area (Å²) in [5, 5.41) is 46.6. The summed E-state index contributed by atoms with van der Waals surface area (Å²) in [6, 6.07) is 20.0. The Morgan fingerprint density at radius 1 is 0.868 bits per heavy atom. The molecule has 0 bridgehead atoms. The summed E-state index contributed by atoms with van der Waals surface area (Å²) in [5.41, 5.74) is 5.91. The fraction of sp³-hybridized carbons (Fsp3) is 0.316. The van der Waals surface area contributed by atoms with Crippen LogP contribution in [-0.4, -0.2) is 75.7 Å². The van der Waals surface area contributed by atoms with Crippen LogP contribution in [0.15, 0.2) is 66.7 Å². The molecule has 0 fully saturated rings. The molecule has 15 heteroatoms. The molecule has 7 N–H and O–H groups in total. The monoisotopic (exact) mass is 766 g/mol. The summed E-state index contributed by atoms with van der Waals surface area (Å²) in [7, 11) is 1.47. The number of carbonyl (C=O) groups excluding carboxylic acids is 1. The third-order valence-electron chi connectivity index (χ3n) is 8.62. The van der Waals surface area contributed by atoms with Crippen molar-refractivity contribution in [1.82, 2.24) is 15.6 Å². The molecule has 1 amide bonds. The van der Waals surface area contributed by atoms with Crippen molar-refractivity contribution < 1.29 is 44.3 Å². The van der Waals surface area contributed by atoms with Crippen LogP contribution in [0.5, 0.6) is 11.8 Å². The number of halogens is 2. The van der Waals surface area contributed by atoms with Crippen molar-refractivity contribution in [3.05, 3.63) is 105 Å². The van der Waals surface area contributed by atoms with E-state index in [1.165, 1.54) is 7.11 Å². The minimum atomic E-state index is -1.09. The van der Waals surface area contributed by atoms with Gasteiger partial charge in [-0.1, -0.05) is 65.7 Å². The predicted molar refractivity (Wildman–Crippen MR) is 199 cm³/mol. The Hall–Kier alpha value is -4.76. The van der Waals surface area contributed by atoms with Crippen molar-refractivity contribution in [2.45, 2.75) is 57.1 Å². The molecule has 1 heterocycles. The van der Waals surface area contributed by atoms with E-state index < -0.39 is 24.1 Å². The van der Waals surface area contributed by atoms with E-state index in [-0.39, 0.29) is 61.3 Å². The second-order valence-corrected chi connectivity index (χ2v) is 13.3. The minimum absolute atomic E-state index is 0.0600.